The zero-order valence-corrected chi connectivity index (χ0v) is 12.6. The lowest BCUT2D eigenvalue weighted by atomic mass is 10.3. The molecule has 0 unspecified atom stereocenters. The first-order valence-corrected chi connectivity index (χ1v) is 7.32. The van der Waals surface area contributed by atoms with E-state index in [0.29, 0.717) is 11.1 Å². The topological polar surface area (TPSA) is 71.8 Å². The predicted molar refractivity (Wildman–Crippen MR) is 89.4 cm³/mol. The molecule has 5 aromatic rings. The van der Waals surface area contributed by atoms with Crippen molar-refractivity contribution in [3.8, 4) is 0 Å². The molecule has 3 aromatic heterocycles. The molecule has 0 atom stereocenters. The summed E-state index contributed by atoms with van der Waals surface area (Å²) in [6, 6.07) is 15.6. The minimum absolute atomic E-state index is 0.446. The van der Waals surface area contributed by atoms with Crippen molar-refractivity contribution in [2.45, 2.75) is 0 Å². The number of H-pyrrole nitrogens is 1. The van der Waals surface area contributed by atoms with Crippen LogP contribution in [0.5, 0.6) is 0 Å². The lowest BCUT2D eigenvalue weighted by Crippen LogP contribution is -1.88. The molecule has 23 heavy (non-hydrogen) atoms. The van der Waals surface area contributed by atoms with Crippen molar-refractivity contribution < 1.29 is 0 Å². The van der Waals surface area contributed by atoms with Crippen molar-refractivity contribution in [2.24, 2.45) is 0 Å². The summed E-state index contributed by atoms with van der Waals surface area (Å²) in [4.78, 5) is 19.3. The van der Waals surface area contributed by atoms with Crippen LogP contribution in [0, 0.1) is 0 Å². The van der Waals surface area contributed by atoms with E-state index >= 15 is 0 Å². The average molecular weight is 323 g/mol. The summed E-state index contributed by atoms with van der Waals surface area (Å²) >= 11 is 5.62. The van der Waals surface area contributed by atoms with Crippen LogP contribution in [-0.2, 0) is 0 Å². The quantitative estimate of drug-likeness (QED) is 0.473. The Bertz CT molecular complexity index is 1010. The second-order valence-electron chi connectivity index (χ2n) is 4.82. The third-order valence-electron chi connectivity index (χ3n) is 3.36. The van der Waals surface area contributed by atoms with Crippen molar-refractivity contribution in [1.82, 2.24) is 29.3 Å². The summed E-state index contributed by atoms with van der Waals surface area (Å²) in [5.41, 5.74) is 3.88. The molecule has 0 spiro atoms. The van der Waals surface area contributed by atoms with Gasteiger partial charge >= 0.3 is 0 Å². The van der Waals surface area contributed by atoms with Gasteiger partial charge in [-0.1, -0.05) is 24.3 Å². The van der Waals surface area contributed by atoms with E-state index in [1.54, 1.807) is 6.33 Å². The fourth-order valence-electron chi connectivity index (χ4n) is 2.34. The molecule has 0 aliphatic rings. The van der Waals surface area contributed by atoms with Gasteiger partial charge in [-0.2, -0.15) is 0 Å². The number of para-hydroxylation sites is 4. The second kappa shape index (κ2) is 5.66. The third kappa shape index (κ3) is 2.60. The fourth-order valence-corrected chi connectivity index (χ4v) is 2.53. The summed E-state index contributed by atoms with van der Waals surface area (Å²) in [6.07, 6.45) is 3.22. The van der Waals surface area contributed by atoms with Crippen molar-refractivity contribution in [3.05, 3.63) is 66.5 Å². The maximum atomic E-state index is 5.62. The van der Waals surface area contributed by atoms with E-state index in [1.807, 2.05) is 52.9 Å². The number of aromatic amines is 1. The molecule has 3 heterocycles. The summed E-state index contributed by atoms with van der Waals surface area (Å²) in [5.74, 6) is 0.691. The molecule has 6 nitrogen and oxygen atoms in total. The number of nitrogens with zero attached hydrogens (tertiary/aromatic N) is 5. The number of nitrogens with one attached hydrogen (secondary N) is 1. The molecular formula is C16H11ClN6. The molecule has 0 aliphatic carbocycles. The molecule has 0 saturated carbocycles. The third-order valence-corrected chi connectivity index (χ3v) is 3.54. The van der Waals surface area contributed by atoms with Crippen molar-refractivity contribution in [1.29, 1.82) is 0 Å². The molecule has 0 saturated heterocycles. The summed E-state index contributed by atoms with van der Waals surface area (Å²) in [5, 5.41) is 0.446. The van der Waals surface area contributed by atoms with Crippen molar-refractivity contribution >= 4 is 39.4 Å². The largest absolute Gasteiger partial charge is 0.329 e. The van der Waals surface area contributed by atoms with E-state index in [4.69, 9.17) is 11.6 Å². The Hall–Kier alpha value is -2.99. The van der Waals surface area contributed by atoms with E-state index < -0.39 is 0 Å². The summed E-state index contributed by atoms with van der Waals surface area (Å²) < 4.78 is 1.87. The zero-order valence-electron chi connectivity index (χ0n) is 11.9. The highest BCUT2D eigenvalue weighted by Gasteiger charge is 2.02. The molecule has 0 bridgehead atoms. The normalized spacial score (nSPS) is 10.8. The lowest BCUT2D eigenvalue weighted by molar-refractivity contribution is 1.03. The maximum Gasteiger partial charge on any atom is 0.237 e. The van der Waals surface area contributed by atoms with Gasteiger partial charge in [0.25, 0.3) is 0 Å². The summed E-state index contributed by atoms with van der Waals surface area (Å²) in [6.45, 7) is 0. The Morgan fingerprint density at radius 3 is 2.57 bits per heavy atom. The van der Waals surface area contributed by atoms with E-state index in [1.165, 1.54) is 6.33 Å². The molecule has 2 aromatic carbocycles. The molecule has 7 heteroatoms. The van der Waals surface area contributed by atoms with Gasteiger partial charge in [-0.25, -0.2) is 19.9 Å². The smallest absolute Gasteiger partial charge is 0.237 e. The minimum atomic E-state index is 0.446. The minimum Gasteiger partial charge on any atom is -0.329 e. The number of hydrogen-bond donors (Lipinski definition) is 1. The number of rotatable bonds is 0. The van der Waals surface area contributed by atoms with E-state index in [2.05, 4.69) is 24.9 Å². The molecule has 0 amide bonds. The van der Waals surface area contributed by atoms with Crippen LogP contribution in [0.4, 0.5) is 0 Å². The Balaban J connectivity index is 0.000000122. The molecule has 0 radical (unpaired) electrons. The van der Waals surface area contributed by atoms with Gasteiger partial charge in [0.2, 0.25) is 11.1 Å². The lowest BCUT2D eigenvalue weighted by Gasteiger charge is -1.90. The molecular weight excluding hydrogens is 312 g/mol. The standard InChI is InChI=1S/C9H6N4.C7H5ClN2/c1-2-4-8-7(3-1)12-9-11-5-10-6-13(8)9;8-7-9-5-3-1-2-4-6(5)10-7/h1-6H;1-4H,(H,9,10). The van der Waals surface area contributed by atoms with Gasteiger partial charge in [-0.3, -0.25) is 4.40 Å². The summed E-state index contributed by atoms with van der Waals surface area (Å²) in [7, 11) is 0. The first-order valence-electron chi connectivity index (χ1n) is 6.94. The first-order chi connectivity index (χ1) is 11.3. The molecule has 0 aliphatic heterocycles. The monoisotopic (exact) mass is 322 g/mol. The Morgan fingerprint density at radius 1 is 0.913 bits per heavy atom. The number of benzene rings is 2. The van der Waals surface area contributed by atoms with Gasteiger partial charge in [0.05, 0.1) is 22.1 Å². The number of aromatic nitrogens is 6. The average Bonchev–Trinajstić information content (AvgIpc) is 3.14. The van der Waals surface area contributed by atoms with Crippen LogP contribution in [0.2, 0.25) is 5.28 Å². The van der Waals surface area contributed by atoms with Crippen molar-refractivity contribution in [3.63, 3.8) is 0 Å². The van der Waals surface area contributed by atoms with Crippen LogP contribution in [0.1, 0.15) is 0 Å². The van der Waals surface area contributed by atoms with Gasteiger partial charge < -0.3 is 4.98 Å². The Labute approximate surface area is 135 Å². The van der Waals surface area contributed by atoms with E-state index in [-0.39, 0.29) is 0 Å². The highest BCUT2D eigenvalue weighted by atomic mass is 35.5. The highest BCUT2D eigenvalue weighted by Crippen LogP contribution is 2.13. The molecule has 5 rings (SSSR count). The Morgan fingerprint density at radius 2 is 1.70 bits per heavy atom. The van der Waals surface area contributed by atoms with Crippen LogP contribution >= 0.6 is 11.6 Å². The van der Waals surface area contributed by atoms with Crippen LogP contribution in [0.3, 0.4) is 0 Å². The van der Waals surface area contributed by atoms with Gasteiger partial charge in [-0.15, -0.1) is 0 Å². The molecule has 1 N–H and O–H groups in total. The van der Waals surface area contributed by atoms with E-state index in [0.717, 1.165) is 22.1 Å². The van der Waals surface area contributed by atoms with Crippen LogP contribution in [0.25, 0.3) is 27.8 Å². The number of imidazole rings is 2. The first kappa shape index (κ1) is 13.7. The number of hydrogen-bond acceptors (Lipinski definition) is 4. The Kier molecular flexibility index (Phi) is 3.36. The van der Waals surface area contributed by atoms with Gasteiger partial charge in [0, 0.05) is 0 Å². The zero-order chi connectivity index (χ0) is 15.6. The van der Waals surface area contributed by atoms with E-state index in [9.17, 15) is 0 Å². The highest BCUT2D eigenvalue weighted by molar-refractivity contribution is 6.29. The maximum absolute atomic E-state index is 5.62. The SMILES string of the molecule is Clc1nc2ccccc2[nH]1.c1ccc2c(c1)nc1ncncn12. The second-order valence-corrected chi connectivity index (χ2v) is 5.18. The van der Waals surface area contributed by atoms with Crippen LogP contribution in [0.15, 0.2) is 61.2 Å². The predicted octanol–water partition coefficient (Wildman–Crippen LogP) is 3.49. The van der Waals surface area contributed by atoms with Gasteiger partial charge in [0.1, 0.15) is 12.7 Å². The van der Waals surface area contributed by atoms with Gasteiger partial charge in [-0.05, 0) is 35.9 Å². The van der Waals surface area contributed by atoms with Crippen LogP contribution < -0.4 is 0 Å². The molecule has 112 valence electrons. The van der Waals surface area contributed by atoms with Crippen molar-refractivity contribution in [2.75, 3.05) is 0 Å². The fraction of sp³-hybridized carbons (Fsp3) is 0. The number of fused-ring (bicyclic) bond motifs is 4. The van der Waals surface area contributed by atoms with Gasteiger partial charge in [0.15, 0.2) is 0 Å². The number of halogens is 1. The van der Waals surface area contributed by atoms with Crippen LogP contribution in [-0.4, -0.2) is 29.3 Å². The molecule has 0 fully saturated rings.